The molecule has 0 aliphatic carbocycles. The van der Waals surface area contributed by atoms with Crippen LogP contribution in [0.1, 0.15) is 27.0 Å². The van der Waals surface area contributed by atoms with Crippen molar-refractivity contribution < 1.29 is 9.53 Å². The molecule has 5 aromatic rings. The van der Waals surface area contributed by atoms with E-state index in [-0.39, 0.29) is 28.5 Å². The first-order chi connectivity index (χ1) is 18.4. The highest BCUT2D eigenvalue weighted by atomic mass is 35.5. The minimum Gasteiger partial charge on any atom is -0.497 e. The van der Waals surface area contributed by atoms with Crippen LogP contribution in [0.25, 0.3) is 16.7 Å². The number of carbonyl (C=O) groups is 1. The van der Waals surface area contributed by atoms with Crippen molar-refractivity contribution in [2.75, 3.05) is 13.7 Å². The predicted octanol–water partition coefficient (Wildman–Crippen LogP) is 4.12. The number of nitrogens with zero attached hydrogens (tertiary/aromatic N) is 3. The molecule has 0 saturated heterocycles. The van der Waals surface area contributed by atoms with Crippen molar-refractivity contribution in [2.24, 2.45) is 0 Å². The van der Waals surface area contributed by atoms with E-state index in [0.717, 1.165) is 22.4 Å². The maximum absolute atomic E-state index is 13.5. The minimum atomic E-state index is -0.438. The van der Waals surface area contributed by atoms with Gasteiger partial charge in [-0.15, -0.1) is 0 Å². The van der Waals surface area contributed by atoms with Gasteiger partial charge in [-0.3, -0.25) is 19.4 Å². The average Bonchev–Trinajstić information content (AvgIpc) is 2.92. The topological polar surface area (TPSA) is 101 Å². The average molecular weight is 528 g/mol. The fraction of sp³-hybridized carbons (Fsp3) is 0.172. The number of pyridine rings is 2. The van der Waals surface area contributed by atoms with Crippen molar-refractivity contribution >= 4 is 34.2 Å². The van der Waals surface area contributed by atoms with Gasteiger partial charge in [0, 0.05) is 17.8 Å². The Balaban J connectivity index is 1.58. The van der Waals surface area contributed by atoms with Crippen LogP contribution in [-0.2, 0) is 13.0 Å². The molecule has 0 bridgehead atoms. The lowest BCUT2D eigenvalue weighted by Crippen LogP contribution is -2.36. The van der Waals surface area contributed by atoms with Crippen molar-refractivity contribution in [3.05, 3.63) is 116 Å². The number of aryl methyl sites for hydroxylation is 1. The molecule has 0 radical (unpaired) electrons. The third kappa shape index (κ3) is 4.78. The van der Waals surface area contributed by atoms with E-state index in [1.807, 2.05) is 55.5 Å². The normalized spacial score (nSPS) is 11.1. The third-order valence-electron chi connectivity index (χ3n) is 6.52. The molecule has 3 aromatic heterocycles. The fourth-order valence-electron chi connectivity index (χ4n) is 4.43. The van der Waals surface area contributed by atoms with E-state index in [0.29, 0.717) is 29.3 Å². The lowest BCUT2D eigenvalue weighted by atomic mass is 10.1. The number of halogens is 1. The van der Waals surface area contributed by atoms with Crippen LogP contribution >= 0.6 is 11.6 Å². The first kappa shape index (κ1) is 25.2. The molecular weight excluding hydrogens is 502 g/mol. The zero-order valence-corrected chi connectivity index (χ0v) is 21.7. The van der Waals surface area contributed by atoms with E-state index in [1.165, 1.54) is 10.5 Å². The second kappa shape index (κ2) is 10.5. The van der Waals surface area contributed by atoms with Crippen LogP contribution in [0, 0.1) is 12.3 Å². The summed E-state index contributed by atoms with van der Waals surface area (Å²) in [6.45, 7) is 2.41. The van der Waals surface area contributed by atoms with Crippen molar-refractivity contribution in [3.8, 4) is 5.75 Å². The van der Waals surface area contributed by atoms with Gasteiger partial charge in [0.2, 0.25) is 0 Å². The molecule has 38 heavy (non-hydrogen) atoms. The van der Waals surface area contributed by atoms with Crippen molar-refractivity contribution in [1.82, 2.24) is 19.3 Å². The van der Waals surface area contributed by atoms with Crippen LogP contribution in [-0.4, -0.2) is 33.5 Å². The van der Waals surface area contributed by atoms with Crippen molar-refractivity contribution in [2.45, 2.75) is 19.9 Å². The predicted molar refractivity (Wildman–Crippen MR) is 147 cm³/mol. The van der Waals surface area contributed by atoms with Crippen molar-refractivity contribution in [1.29, 1.82) is 5.41 Å². The van der Waals surface area contributed by atoms with E-state index >= 15 is 0 Å². The summed E-state index contributed by atoms with van der Waals surface area (Å²) in [4.78, 5) is 31.6. The Morgan fingerprint density at radius 2 is 1.84 bits per heavy atom. The molecule has 8 nitrogen and oxygen atoms in total. The number of carbonyl (C=O) groups excluding carboxylic acids is 1. The monoisotopic (exact) mass is 527 g/mol. The summed E-state index contributed by atoms with van der Waals surface area (Å²) in [5.74, 6) is 0.325. The Morgan fingerprint density at radius 1 is 1.08 bits per heavy atom. The number of methoxy groups -OCH3 is 1. The highest BCUT2D eigenvalue weighted by molar-refractivity contribution is 6.31. The van der Waals surface area contributed by atoms with Crippen LogP contribution in [0.3, 0.4) is 0 Å². The number of hydrogen-bond acceptors (Lipinski definition) is 5. The van der Waals surface area contributed by atoms with Gasteiger partial charge >= 0.3 is 0 Å². The molecule has 0 saturated carbocycles. The maximum atomic E-state index is 13.5. The van der Waals surface area contributed by atoms with E-state index in [2.05, 4.69) is 5.32 Å². The third-order valence-corrected chi connectivity index (χ3v) is 6.89. The van der Waals surface area contributed by atoms with Crippen LogP contribution in [0.4, 0.5) is 0 Å². The lowest BCUT2D eigenvalue weighted by Gasteiger charge is -2.16. The standard InChI is InChI=1S/C29H26ClN5O3/c1-18-6-5-15-34-26(18)33-27-23(29(34)37)16-22(25(31)35(27)17-20-7-3-4-8-24(20)30)28(36)32-14-13-19-9-11-21(38-2)12-10-19/h3-12,15-16,31H,13-14,17H2,1-2H3,(H,32,36). The molecule has 0 aliphatic heterocycles. The van der Waals surface area contributed by atoms with Gasteiger partial charge in [-0.05, 0) is 60.4 Å². The summed E-state index contributed by atoms with van der Waals surface area (Å²) in [5.41, 5.74) is 3.15. The second-order valence-corrected chi connectivity index (χ2v) is 9.38. The Labute approximate surface area is 223 Å². The van der Waals surface area contributed by atoms with Gasteiger partial charge in [-0.25, -0.2) is 4.98 Å². The Morgan fingerprint density at radius 3 is 2.58 bits per heavy atom. The molecule has 5 rings (SSSR count). The number of ether oxygens (including phenoxy) is 1. The zero-order chi connectivity index (χ0) is 26.8. The second-order valence-electron chi connectivity index (χ2n) is 8.98. The van der Waals surface area contributed by atoms with Gasteiger partial charge in [0.25, 0.3) is 11.5 Å². The number of amides is 1. The van der Waals surface area contributed by atoms with Gasteiger partial charge in [0.15, 0.2) is 0 Å². The molecule has 0 fully saturated rings. The molecule has 0 atom stereocenters. The molecular formula is C29H26ClN5O3. The number of rotatable bonds is 7. The molecule has 0 aliphatic rings. The Kier molecular flexibility index (Phi) is 6.98. The summed E-state index contributed by atoms with van der Waals surface area (Å²) >= 11 is 6.43. The van der Waals surface area contributed by atoms with Crippen LogP contribution in [0.15, 0.2) is 77.7 Å². The highest BCUT2D eigenvalue weighted by Crippen LogP contribution is 2.19. The molecule has 9 heteroatoms. The fourth-order valence-corrected chi connectivity index (χ4v) is 4.62. The highest BCUT2D eigenvalue weighted by Gasteiger charge is 2.18. The summed E-state index contributed by atoms with van der Waals surface area (Å²) in [5, 5.41) is 12.6. The summed E-state index contributed by atoms with van der Waals surface area (Å²) in [6, 6.07) is 20.0. The lowest BCUT2D eigenvalue weighted by molar-refractivity contribution is 0.0951. The van der Waals surface area contributed by atoms with Crippen molar-refractivity contribution in [3.63, 3.8) is 0 Å². The van der Waals surface area contributed by atoms with Crippen LogP contribution in [0.2, 0.25) is 5.02 Å². The van der Waals surface area contributed by atoms with E-state index in [4.69, 9.17) is 26.7 Å². The molecule has 0 unspecified atom stereocenters. The summed E-state index contributed by atoms with van der Waals surface area (Å²) < 4.78 is 8.23. The quantitative estimate of drug-likeness (QED) is 0.311. The van der Waals surface area contributed by atoms with Gasteiger partial charge in [0.05, 0.1) is 24.6 Å². The van der Waals surface area contributed by atoms with Gasteiger partial charge in [-0.1, -0.05) is 48.0 Å². The maximum Gasteiger partial charge on any atom is 0.267 e. The van der Waals surface area contributed by atoms with E-state index < -0.39 is 5.91 Å². The van der Waals surface area contributed by atoms with Gasteiger partial charge in [0.1, 0.15) is 22.5 Å². The van der Waals surface area contributed by atoms with E-state index in [1.54, 1.807) is 30.0 Å². The first-order valence-electron chi connectivity index (χ1n) is 12.1. The number of hydrogen-bond donors (Lipinski definition) is 2. The Hall–Kier alpha value is -4.43. The molecule has 2 N–H and O–H groups in total. The molecule has 2 aromatic carbocycles. The van der Waals surface area contributed by atoms with Gasteiger partial charge < -0.3 is 14.6 Å². The summed E-state index contributed by atoms with van der Waals surface area (Å²) in [7, 11) is 1.61. The number of benzene rings is 2. The Bertz CT molecular complexity index is 1790. The SMILES string of the molecule is COc1ccc(CCNC(=O)c2cc3c(=O)n4cccc(C)c4nc3n(Cc3ccccc3Cl)c2=N)cc1. The first-order valence-corrected chi connectivity index (χ1v) is 12.5. The number of fused-ring (bicyclic) bond motifs is 2. The molecule has 0 spiro atoms. The minimum absolute atomic E-state index is 0.0517. The number of aromatic nitrogens is 3. The largest absolute Gasteiger partial charge is 0.497 e. The molecule has 1 amide bonds. The molecule has 3 heterocycles. The smallest absolute Gasteiger partial charge is 0.267 e. The summed E-state index contributed by atoms with van der Waals surface area (Å²) in [6.07, 6.45) is 2.25. The molecule has 192 valence electrons. The number of nitrogens with one attached hydrogen (secondary N) is 2. The van der Waals surface area contributed by atoms with E-state index in [9.17, 15) is 9.59 Å². The van der Waals surface area contributed by atoms with Crippen LogP contribution < -0.4 is 21.1 Å². The zero-order valence-electron chi connectivity index (χ0n) is 21.0. The van der Waals surface area contributed by atoms with Crippen LogP contribution in [0.5, 0.6) is 5.75 Å². The van der Waals surface area contributed by atoms with Gasteiger partial charge in [-0.2, -0.15) is 0 Å².